The molecule has 4 aromatic rings. The molecule has 0 saturated heterocycles. The molecule has 2 heterocycles. The molecule has 0 spiro atoms. The highest BCUT2D eigenvalue weighted by Crippen LogP contribution is 2.41. The van der Waals surface area contributed by atoms with E-state index < -0.39 is 0 Å². The van der Waals surface area contributed by atoms with Gasteiger partial charge in [0.25, 0.3) is 0 Å². The molecule has 1 aliphatic heterocycles. The molecule has 4 nitrogen and oxygen atoms in total. The van der Waals surface area contributed by atoms with Gasteiger partial charge in [0.1, 0.15) is 11.3 Å². The van der Waals surface area contributed by atoms with Crippen LogP contribution in [-0.2, 0) is 13.0 Å². The summed E-state index contributed by atoms with van der Waals surface area (Å²) in [5.41, 5.74) is 8.42. The maximum absolute atomic E-state index is 13.1. The molecule has 3 aromatic carbocycles. The third-order valence-electron chi connectivity index (χ3n) is 6.47. The second-order valence-electron chi connectivity index (χ2n) is 8.92. The minimum atomic E-state index is -0.312. The molecule has 0 fully saturated rings. The van der Waals surface area contributed by atoms with Gasteiger partial charge < -0.3 is 14.1 Å². The highest BCUT2D eigenvalue weighted by atomic mass is 35.5. The van der Waals surface area contributed by atoms with Crippen LogP contribution in [0.1, 0.15) is 38.9 Å². The molecule has 5 heteroatoms. The van der Waals surface area contributed by atoms with Gasteiger partial charge in [0.2, 0.25) is 0 Å². The number of hydrogen-bond donors (Lipinski definition) is 0. The SMILES string of the molecule is Cc1cc(C)c(N2COc3c(Cl)cc4c(C)c(Cc5ccccc5)c(=O)oc4c3C2)c(C)c1. The number of fused-ring (bicyclic) bond motifs is 3. The topological polar surface area (TPSA) is 42.7 Å². The number of anilines is 1. The second-order valence-corrected chi connectivity index (χ2v) is 9.32. The number of ether oxygens (including phenoxy) is 1. The van der Waals surface area contributed by atoms with Crippen molar-refractivity contribution >= 4 is 28.3 Å². The Morgan fingerprint density at radius 2 is 1.70 bits per heavy atom. The van der Waals surface area contributed by atoms with Crippen LogP contribution >= 0.6 is 11.6 Å². The van der Waals surface area contributed by atoms with E-state index in [2.05, 4.69) is 37.8 Å². The summed E-state index contributed by atoms with van der Waals surface area (Å²) in [5, 5.41) is 1.39. The number of nitrogens with zero attached hydrogens (tertiary/aromatic N) is 1. The van der Waals surface area contributed by atoms with E-state index in [9.17, 15) is 4.79 Å². The third-order valence-corrected chi connectivity index (χ3v) is 6.75. The van der Waals surface area contributed by atoms with E-state index in [0.717, 1.165) is 27.8 Å². The molecule has 0 N–H and O–H groups in total. The molecule has 1 aliphatic rings. The van der Waals surface area contributed by atoms with E-state index >= 15 is 0 Å². The highest BCUT2D eigenvalue weighted by Gasteiger charge is 2.27. The van der Waals surface area contributed by atoms with Crippen molar-refractivity contribution < 1.29 is 9.15 Å². The van der Waals surface area contributed by atoms with E-state index in [4.69, 9.17) is 20.8 Å². The van der Waals surface area contributed by atoms with Crippen LogP contribution in [0, 0.1) is 27.7 Å². The van der Waals surface area contributed by atoms with Gasteiger partial charge in [0.05, 0.1) is 17.1 Å². The van der Waals surface area contributed by atoms with E-state index in [0.29, 0.717) is 41.6 Å². The lowest BCUT2D eigenvalue weighted by Gasteiger charge is -2.33. The van der Waals surface area contributed by atoms with Crippen LogP contribution in [0.25, 0.3) is 11.0 Å². The number of hydrogen-bond acceptors (Lipinski definition) is 4. The summed E-state index contributed by atoms with van der Waals surface area (Å²) >= 11 is 6.66. The molecule has 168 valence electrons. The van der Waals surface area contributed by atoms with Crippen molar-refractivity contribution in [2.75, 3.05) is 11.6 Å². The van der Waals surface area contributed by atoms with Crippen LogP contribution in [0.4, 0.5) is 5.69 Å². The number of rotatable bonds is 3. The lowest BCUT2D eigenvalue weighted by atomic mass is 9.97. The predicted molar refractivity (Wildman–Crippen MR) is 134 cm³/mol. The normalized spacial score (nSPS) is 13.2. The summed E-state index contributed by atoms with van der Waals surface area (Å²) in [4.78, 5) is 15.2. The van der Waals surface area contributed by atoms with Crippen molar-refractivity contribution in [3.63, 3.8) is 0 Å². The molecule has 0 amide bonds. The van der Waals surface area contributed by atoms with Gasteiger partial charge in [-0.1, -0.05) is 59.6 Å². The second kappa shape index (κ2) is 8.27. The summed E-state index contributed by atoms with van der Waals surface area (Å²) in [6.07, 6.45) is 0.518. The van der Waals surface area contributed by atoms with Gasteiger partial charge in [0, 0.05) is 23.1 Å². The lowest BCUT2D eigenvalue weighted by Crippen LogP contribution is -2.33. The number of aryl methyl sites for hydroxylation is 4. The van der Waals surface area contributed by atoms with Crippen LogP contribution in [0.2, 0.25) is 5.02 Å². The fourth-order valence-corrected chi connectivity index (χ4v) is 5.31. The smallest absolute Gasteiger partial charge is 0.340 e. The minimum absolute atomic E-state index is 0.312. The minimum Gasteiger partial charge on any atom is -0.471 e. The first-order chi connectivity index (χ1) is 15.8. The Kier molecular flexibility index (Phi) is 5.41. The van der Waals surface area contributed by atoms with Crippen molar-refractivity contribution in [2.24, 2.45) is 0 Å². The van der Waals surface area contributed by atoms with Gasteiger partial charge in [-0.15, -0.1) is 0 Å². The quantitative estimate of drug-likeness (QED) is 0.322. The summed E-state index contributed by atoms with van der Waals surface area (Å²) in [5.74, 6) is 0.598. The third kappa shape index (κ3) is 3.79. The molecule has 0 radical (unpaired) electrons. The zero-order chi connectivity index (χ0) is 23.3. The first-order valence-electron chi connectivity index (χ1n) is 11.1. The molecule has 0 aliphatic carbocycles. The Balaban J connectivity index is 1.64. The molecule has 0 saturated carbocycles. The molecular formula is C28H26ClNO3. The molecule has 0 unspecified atom stereocenters. The Morgan fingerprint density at radius 1 is 1.00 bits per heavy atom. The molecule has 0 atom stereocenters. The zero-order valence-electron chi connectivity index (χ0n) is 19.3. The zero-order valence-corrected chi connectivity index (χ0v) is 20.0. The van der Waals surface area contributed by atoms with Crippen molar-refractivity contribution in [1.82, 2.24) is 0 Å². The Bertz CT molecular complexity index is 1420. The van der Waals surface area contributed by atoms with Crippen molar-refractivity contribution in [2.45, 2.75) is 40.7 Å². The van der Waals surface area contributed by atoms with Gasteiger partial charge in [-0.2, -0.15) is 0 Å². The van der Waals surface area contributed by atoms with Gasteiger partial charge in [0.15, 0.2) is 6.73 Å². The maximum atomic E-state index is 13.1. The largest absolute Gasteiger partial charge is 0.471 e. The van der Waals surface area contributed by atoms with Crippen LogP contribution in [0.15, 0.2) is 57.7 Å². The van der Waals surface area contributed by atoms with E-state index in [1.807, 2.05) is 43.3 Å². The summed E-state index contributed by atoms with van der Waals surface area (Å²) in [6.45, 7) is 9.23. The molecule has 0 bridgehead atoms. The summed E-state index contributed by atoms with van der Waals surface area (Å²) < 4.78 is 12.0. The van der Waals surface area contributed by atoms with Crippen LogP contribution < -0.4 is 15.3 Å². The lowest BCUT2D eigenvalue weighted by molar-refractivity contribution is 0.289. The van der Waals surface area contributed by atoms with E-state index in [-0.39, 0.29) is 5.63 Å². The number of benzene rings is 3. The molecule has 1 aromatic heterocycles. The summed E-state index contributed by atoms with van der Waals surface area (Å²) in [7, 11) is 0. The van der Waals surface area contributed by atoms with Crippen LogP contribution in [-0.4, -0.2) is 6.73 Å². The average Bonchev–Trinajstić information content (AvgIpc) is 2.78. The Hall–Kier alpha value is -3.24. The van der Waals surface area contributed by atoms with E-state index in [1.165, 1.54) is 16.7 Å². The summed E-state index contributed by atoms with van der Waals surface area (Å²) in [6, 6.07) is 16.2. The van der Waals surface area contributed by atoms with Gasteiger partial charge in [-0.05, 0) is 56.0 Å². The first kappa shape index (κ1) is 21.6. The number of halogens is 1. The maximum Gasteiger partial charge on any atom is 0.340 e. The van der Waals surface area contributed by atoms with Crippen molar-refractivity contribution in [3.8, 4) is 5.75 Å². The van der Waals surface area contributed by atoms with Crippen molar-refractivity contribution in [3.05, 3.63) is 103 Å². The monoisotopic (exact) mass is 459 g/mol. The standard InChI is InChI=1S/C28H26ClNO3/c1-16-10-17(2)25(18(3)11-16)30-14-23-26-21(13-24(29)27(23)32-15-30)19(4)22(28(31)33-26)12-20-8-6-5-7-9-20/h5-11,13H,12,14-15H2,1-4H3. The van der Waals surface area contributed by atoms with Gasteiger partial charge in [-0.25, -0.2) is 4.79 Å². The fraction of sp³-hybridized carbons (Fsp3) is 0.250. The Morgan fingerprint density at radius 3 is 2.39 bits per heavy atom. The average molecular weight is 460 g/mol. The highest BCUT2D eigenvalue weighted by molar-refractivity contribution is 6.33. The molecular weight excluding hydrogens is 434 g/mol. The fourth-order valence-electron chi connectivity index (χ4n) is 5.03. The predicted octanol–water partition coefficient (Wildman–Crippen LogP) is 6.63. The van der Waals surface area contributed by atoms with Crippen LogP contribution in [0.3, 0.4) is 0 Å². The van der Waals surface area contributed by atoms with E-state index in [1.54, 1.807) is 0 Å². The van der Waals surface area contributed by atoms with Gasteiger partial charge >= 0.3 is 5.63 Å². The van der Waals surface area contributed by atoms with Gasteiger partial charge in [-0.3, -0.25) is 0 Å². The Labute approximate surface area is 198 Å². The molecule has 5 rings (SSSR count). The van der Waals surface area contributed by atoms with Crippen molar-refractivity contribution in [1.29, 1.82) is 0 Å². The first-order valence-corrected chi connectivity index (χ1v) is 11.5. The molecule has 33 heavy (non-hydrogen) atoms. The van der Waals surface area contributed by atoms with Crippen LogP contribution in [0.5, 0.6) is 5.75 Å².